The van der Waals surface area contributed by atoms with Crippen LogP contribution >= 0.6 is 0 Å². The van der Waals surface area contributed by atoms with Crippen LogP contribution < -0.4 is 0 Å². The molecule has 6 nitrogen and oxygen atoms in total. The molecule has 1 fully saturated rings. The first-order chi connectivity index (χ1) is 9.02. The number of ether oxygens (including phenoxy) is 1. The van der Waals surface area contributed by atoms with Gasteiger partial charge in [-0.3, -0.25) is 19.3 Å². The molecule has 0 saturated carbocycles. The van der Waals surface area contributed by atoms with Crippen LogP contribution in [-0.4, -0.2) is 67.3 Å². The highest BCUT2D eigenvalue weighted by atomic mass is 16.5. The van der Waals surface area contributed by atoms with Crippen molar-refractivity contribution in [3.8, 4) is 0 Å². The van der Waals surface area contributed by atoms with E-state index in [-0.39, 0.29) is 43.6 Å². The fourth-order valence-electron chi connectivity index (χ4n) is 1.99. The number of ketones is 1. The zero-order valence-corrected chi connectivity index (χ0v) is 11.7. The second-order valence-electron chi connectivity index (χ2n) is 4.72. The molecular formula is C13H22N2O4. The van der Waals surface area contributed by atoms with Gasteiger partial charge in [-0.1, -0.05) is 0 Å². The molecule has 19 heavy (non-hydrogen) atoms. The van der Waals surface area contributed by atoms with E-state index in [0.29, 0.717) is 6.61 Å². The molecule has 0 aromatic heterocycles. The van der Waals surface area contributed by atoms with Gasteiger partial charge in [0.2, 0.25) is 5.91 Å². The molecule has 6 heteroatoms. The van der Waals surface area contributed by atoms with Gasteiger partial charge in [0.25, 0.3) is 0 Å². The van der Waals surface area contributed by atoms with Crippen molar-refractivity contribution in [2.45, 2.75) is 26.2 Å². The Balaban J connectivity index is 2.31. The van der Waals surface area contributed by atoms with Gasteiger partial charge in [0.15, 0.2) is 0 Å². The molecule has 1 aliphatic heterocycles. The highest BCUT2D eigenvalue weighted by Crippen LogP contribution is 2.04. The molecule has 0 atom stereocenters. The van der Waals surface area contributed by atoms with Gasteiger partial charge in [-0.15, -0.1) is 0 Å². The number of likely N-dealkylation sites (N-methyl/N-ethyl adjacent to an activating group) is 1. The van der Waals surface area contributed by atoms with Crippen molar-refractivity contribution in [1.29, 1.82) is 0 Å². The number of amides is 1. The van der Waals surface area contributed by atoms with Crippen molar-refractivity contribution in [3.05, 3.63) is 0 Å². The van der Waals surface area contributed by atoms with E-state index in [0.717, 1.165) is 19.5 Å². The lowest BCUT2D eigenvalue weighted by molar-refractivity contribution is -0.144. The Kier molecular flexibility index (Phi) is 6.49. The summed E-state index contributed by atoms with van der Waals surface area (Å²) in [6.07, 6.45) is 1.17. The molecular weight excluding hydrogens is 248 g/mol. The minimum Gasteiger partial charge on any atom is -0.466 e. The second kappa shape index (κ2) is 7.89. The van der Waals surface area contributed by atoms with Crippen LogP contribution in [0.25, 0.3) is 0 Å². The highest BCUT2D eigenvalue weighted by molar-refractivity contribution is 5.85. The first-order valence-electron chi connectivity index (χ1n) is 6.66. The monoisotopic (exact) mass is 270 g/mol. The maximum absolute atomic E-state index is 11.7. The van der Waals surface area contributed by atoms with Crippen molar-refractivity contribution in [2.24, 2.45) is 0 Å². The smallest absolute Gasteiger partial charge is 0.306 e. The Morgan fingerprint density at radius 2 is 2.00 bits per heavy atom. The van der Waals surface area contributed by atoms with E-state index in [1.807, 2.05) is 4.90 Å². The number of hydrogen-bond donors (Lipinski definition) is 0. The normalized spacial score (nSPS) is 17.2. The largest absolute Gasteiger partial charge is 0.466 e. The minimum absolute atomic E-state index is 0.0228. The Hall–Kier alpha value is -1.43. The van der Waals surface area contributed by atoms with E-state index in [1.165, 1.54) is 0 Å². The van der Waals surface area contributed by atoms with Gasteiger partial charge in [0.1, 0.15) is 5.78 Å². The SMILES string of the molecule is CCOC(=O)CCC(=O)CN1CCCN(C)C(=O)C1. The van der Waals surface area contributed by atoms with E-state index in [9.17, 15) is 14.4 Å². The van der Waals surface area contributed by atoms with E-state index in [2.05, 4.69) is 0 Å². The number of hydrogen-bond acceptors (Lipinski definition) is 5. The lowest BCUT2D eigenvalue weighted by Crippen LogP contribution is -2.37. The molecule has 0 N–H and O–H groups in total. The Bertz CT molecular complexity index is 344. The van der Waals surface area contributed by atoms with Crippen LogP contribution in [0.4, 0.5) is 0 Å². The number of carbonyl (C=O) groups excluding carboxylic acids is 3. The highest BCUT2D eigenvalue weighted by Gasteiger charge is 2.20. The zero-order valence-electron chi connectivity index (χ0n) is 11.7. The first kappa shape index (κ1) is 15.6. The summed E-state index contributed by atoms with van der Waals surface area (Å²) in [6.45, 7) is 4.05. The molecule has 0 unspecified atom stereocenters. The van der Waals surface area contributed by atoms with Crippen LogP contribution in [0.1, 0.15) is 26.2 Å². The molecule has 0 aliphatic carbocycles. The molecule has 0 spiro atoms. The van der Waals surface area contributed by atoms with E-state index >= 15 is 0 Å². The summed E-state index contributed by atoms with van der Waals surface area (Å²) in [7, 11) is 1.77. The average molecular weight is 270 g/mol. The molecule has 0 radical (unpaired) electrons. The summed E-state index contributed by atoms with van der Waals surface area (Å²) in [6, 6.07) is 0. The summed E-state index contributed by atoms with van der Waals surface area (Å²) in [5.41, 5.74) is 0. The van der Waals surface area contributed by atoms with Crippen LogP contribution in [0.5, 0.6) is 0 Å². The summed E-state index contributed by atoms with van der Waals surface area (Å²) >= 11 is 0. The van der Waals surface area contributed by atoms with Gasteiger partial charge in [-0.05, 0) is 13.3 Å². The van der Waals surface area contributed by atoms with Gasteiger partial charge in [-0.2, -0.15) is 0 Å². The van der Waals surface area contributed by atoms with Crippen molar-refractivity contribution < 1.29 is 19.1 Å². The first-order valence-corrected chi connectivity index (χ1v) is 6.66. The molecule has 1 rings (SSSR count). The van der Waals surface area contributed by atoms with Gasteiger partial charge in [0.05, 0.1) is 26.1 Å². The number of nitrogens with zero attached hydrogens (tertiary/aromatic N) is 2. The third-order valence-electron chi connectivity index (χ3n) is 3.07. The lowest BCUT2D eigenvalue weighted by Gasteiger charge is -2.18. The van der Waals surface area contributed by atoms with Crippen LogP contribution in [-0.2, 0) is 19.1 Å². The molecule has 1 amide bonds. The Morgan fingerprint density at radius 1 is 1.26 bits per heavy atom. The lowest BCUT2D eigenvalue weighted by atomic mass is 10.2. The van der Waals surface area contributed by atoms with Gasteiger partial charge < -0.3 is 9.64 Å². The predicted octanol–water partition coefficient (Wildman–Crippen LogP) is 0.0629. The summed E-state index contributed by atoms with van der Waals surface area (Å²) in [5, 5.41) is 0. The van der Waals surface area contributed by atoms with Crippen LogP contribution in [0, 0.1) is 0 Å². The summed E-state index contributed by atoms with van der Waals surface area (Å²) in [5.74, 6) is -0.330. The number of esters is 1. The van der Waals surface area contributed by atoms with Crippen molar-refractivity contribution in [3.63, 3.8) is 0 Å². The van der Waals surface area contributed by atoms with E-state index in [1.54, 1.807) is 18.9 Å². The molecule has 0 aromatic carbocycles. The minimum atomic E-state index is -0.345. The second-order valence-corrected chi connectivity index (χ2v) is 4.72. The molecule has 0 aromatic rings. The molecule has 108 valence electrons. The average Bonchev–Trinajstić information content (AvgIpc) is 2.50. The summed E-state index contributed by atoms with van der Waals surface area (Å²) < 4.78 is 4.77. The predicted molar refractivity (Wildman–Crippen MR) is 69.6 cm³/mol. The van der Waals surface area contributed by atoms with E-state index < -0.39 is 0 Å². The number of carbonyl (C=O) groups is 3. The molecule has 1 saturated heterocycles. The van der Waals surface area contributed by atoms with Gasteiger partial charge >= 0.3 is 5.97 Å². The Labute approximate surface area is 113 Å². The third-order valence-corrected chi connectivity index (χ3v) is 3.07. The molecule has 1 heterocycles. The Morgan fingerprint density at radius 3 is 2.68 bits per heavy atom. The summed E-state index contributed by atoms with van der Waals surface area (Å²) in [4.78, 5) is 38.1. The quantitative estimate of drug-likeness (QED) is 0.639. The van der Waals surface area contributed by atoms with Gasteiger partial charge in [0, 0.05) is 26.6 Å². The standard InChI is InChI=1S/C13H22N2O4/c1-3-19-13(18)6-5-11(16)9-15-8-4-7-14(2)12(17)10-15/h3-10H2,1-2H3. The maximum atomic E-state index is 11.7. The fourth-order valence-corrected chi connectivity index (χ4v) is 1.99. The van der Waals surface area contributed by atoms with Crippen molar-refractivity contribution in [2.75, 3.05) is 39.8 Å². The van der Waals surface area contributed by atoms with Crippen LogP contribution in [0.15, 0.2) is 0 Å². The van der Waals surface area contributed by atoms with Crippen molar-refractivity contribution >= 4 is 17.7 Å². The fraction of sp³-hybridized carbons (Fsp3) is 0.769. The third kappa shape index (κ3) is 5.83. The molecule has 1 aliphatic rings. The topological polar surface area (TPSA) is 66.9 Å². The maximum Gasteiger partial charge on any atom is 0.306 e. The van der Waals surface area contributed by atoms with E-state index in [4.69, 9.17) is 4.74 Å². The molecule has 0 bridgehead atoms. The number of Topliss-reactive ketones (excluding diaryl/α,β-unsaturated/α-hetero) is 1. The zero-order chi connectivity index (χ0) is 14.3. The van der Waals surface area contributed by atoms with Crippen LogP contribution in [0.2, 0.25) is 0 Å². The number of rotatable bonds is 6. The van der Waals surface area contributed by atoms with Crippen LogP contribution in [0.3, 0.4) is 0 Å². The van der Waals surface area contributed by atoms with Crippen molar-refractivity contribution in [1.82, 2.24) is 9.80 Å². The van der Waals surface area contributed by atoms with Gasteiger partial charge in [-0.25, -0.2) is 0 Å².